The van der Waals surface area contributed by atoms with Gasteiger partial charge in [-0.3, -0.25) is 0 Å². The molecular weight excluding hydrogens is 842 g/mol. The SMILES string of the molecule is CC1(C)c2cc(N(c3ccccc3)c3ccccc3)ccc2-c2ccc3c(c21)Oc1c2c(cc4c1c1ccccc1n4-c1ccccc1)Oc1c(ccc4c1c1ccccc1n4-c1ccccc1)B32. The zero-order chi connectivity index (χ0) is 45.5. The summed E-state index contributed by atoms with van der Waals surface area (Å²) in [4.78, 5) is 2.36. The Morgan fingerprint density at radius 2 is 0.942 bits per heavy atom. The number of benzene rings is 10. The number of hydrogen-bond donors (Lipinski definition) is 0. The molecule has 1 aliphatic carbocycles. The summed E-state index contributed by atoms with van der Waals surface area (Å²) in [5.74, 6) is 3.51. The Hall–Kier alpha value is -8.74. The molecule has 0 saturated heterocycles. The Balaban J connectivity index is 1.01. The molecule has 2 aliphatic heterocycles. The van der Waals surface area contributed by atoms with Crippen molar-refractivity contribution < 1.29 is 9.47 Å². The van der Waals surface area contributed by atoms with E-state index in [0.29, 0.717) is 0 Å². The van der Waals surface area contributed by atoms with Crippen molar-refractivity contribution >= 4 is 83.8 Å². The summed E-state index contributed by atoms with van der Waals surface area (Å²) in [7, 11) is 0. The molecule has 15 rings (SSSR count). The van der Waals surface area contributed by atoms with Crippen LogP contribution in [0.3, 0.4) is 0 Å². The monoisotopic (exact) mass is 883 g/mol. The molecule has 10 aromatic carbocycles. The first-order valence-corrected chi connectivity index (χ1v) is 23.9. The average molecular weight is 884 g/mol. The van der Waals surface area contributed by atoms with Gasteiger partial charge in [-0.25, -0.2) is 0 Å². The lowest BCUT2D eigenvalue weighted by Gasteiger charge is -2.36. The molecule has 4 heterocycles. The molecule has 2 aromatic heterocycles. The normalized spacial score (nSPS) is 13.7. The van der Waals surface area contributed by atoms with E-state index < -0.39 is 5.41 Å². The van der Waals surface area contributed by atoms with Crippen molar-refractivity contribution in [2.75, 3.05) is 4.90 Å². The predicted octanol–water partition coefficient (Wildman–Crippen LogP) is 14.4. The fourth-order valence-electron chi connectivity index (χ4n) is 12.3. The third-order valence-electron chi connectivity index (χ3n) is 15.2. The van der Waals surface area contributed by atoms with Gasteiger partial charge in [0.05, 0.1) is 32.8 Å². The van der Waals surface area contributed by atoms with E-state index in [2.05, 4.69) is 246 Å². The van der Waals surface area contributed by atoms with Gasteiger partial charge in [0.25, 0.3) is 6.71 Å². The molecule has 0 unspecified atom stereocenters. The highest BCUT2D eigenvalue weighted by Gasteiger charge is 2.48. The summed E-state index contributed by atoms with van der Waals surface area (Å²) in [5, 5.41) is 4.50. The van der Waals surface area contributed by atoms with Crippen molar-refractivity contribution in [3.05, 3.63) is 230 Å². The van der Waals surface area contributed by atoms with Gasteiger partial charge in [-0.2, -0.15) is 0 Å². The molecule has 324 valence electrons. The molecule has 0 saturated carbocycles. The van der Waals surface area contributed by atoms with E-state index in [1.165, 1.54) is 22.3 Å². The van der Waals surface area contributed by atoms with Crippen LogP contribution >= 0.6 is 0 Å². The van der Waals surface area contributed by atoms with Crippen LogP contribution in [0, 0.1) is 0 Å². The van der Waals surface area contributed by atoms with Crippen LogP contribution in [0.4, 0.5) is 17.1 Å². The first-order valence-electron chi connectivity index (χ1n) is 23.9. The summed E-state index contributed by atoms with van der Waals surface area (Å²) in [5.41, 5.74) is 17.8. The molecule has 0 bridgehead atoms. The summed E-state index contributed by atoms with van der Waals surface area (Å²) in [6.07, 6.45) is 0. The molecule has 0 amide bonds. The van der Waals surface area contributed by atoms with Crippen molar-refractivity contribution in [1.82, 2.24) is 9.13 Å². The Bertz CT molecular complexity index is 4060. The Labute approximate surface area is 399 Å². The summed E-state index contributed by atoms with van der Waals surface area (Å²) in [6.45, 7) is 4.59. The molecule has 6 heteroatoms. The second kappa shape index (κ2) is 14.1. The lowest BCUT2D eigenvalue weighted by atomic mass is 9.34. The second-order valence-corrected chi connectivity index (χ2v) is 19.2. The molecule has 0 fully saturated rings. The van der Waals surface area contributed by atoms with Gasteiger partial charge in [-0.05, 0) is 106 Å². The number of rotatable bonds is 5. The minimum atomic E-state index is -0.418. The van der Waals surface area contributed by atoms with Crippen LogP contribution in [0.1, 0.15) is 25.0 Å². The maximum absolute atomic E-state index is 7.75. The number of fused-ring (bicyclic) bond motifs is 16. The van der Waals surface area contributed by atoms with E-state index in [1.807, 2.05) is 0 Å². The molecule has 12 aromatic rings. The van der Waals surface area contributed by atoms with Crippen molar-refractivity contribution in [3.63, 3.8) is 0 Å². The molecule has 0 N–H and O–H groups in total. The van der Waals surface area contributed by atoms with Crippen LogP contribution in [0.15, 0.2) is 218 Å². The predicted molar refractivity (Wildman–Crippen MR) is 285 cm³/mol. The minimum Gasteiger partial charge on any atom is -0.457 e. The van der Waals surface area contributed by atoms with Gasteiger partial charge in [0, 0.05) is 61.7 Å². The van der Waals surface area contributed by atoms with E-state index >= 15 is 0 Å². The van der Waals surface area contributed by atoms with E-state index in [1.54, 1.807) is 0 Å². The van der Waals surface area contributed by atoms with Crippen LogP contribution in [-0.2, 0) is 5.41 Å². The maximum atomic E-state index is 7.75. The van der Waals surface area contributed by atoms with E-state index in [-0.39, 0.29) is 6.71 Å². The third kappa shape index (κ3) is 5.26. The van der Waals surface area contributed by atoms with Crippen LogP contribution in [0.5, 0.6) is 23.0 Å². The second-order valence-electron chi connectivity index (χ2n) is 19.2. The fraction of sp³-hybridized carbons (Fsp3) is 0.0476. The highest BCUT2D eigenvalue weighted by Crippen LogP contribution is 2.56. The largest absolute Gasteiger partial charge is 0.457 e. The Morgan fingerprint density at radius 3 is 1.58 bits per heavy atom. The molecule has 5 nitrogen and oxygen atoms in total. The van der Waals surface area contributed by atoms with Crippen molar-refractivity contribution in [2.24, 2.45) is 0 Å². The van der Waals surface area contributed by atoms with Crippen LogP contribution < -0.4 is 30.8 Å². The fourth-order valence-corrected chi connectivity index (χ4v) is 12.3. The number of hydrogen-bond acceptors (Lipinski definition) is 3. The number of ether oxygens (including phenoxy) is 2. The van der Waals surface area contributed by atoms with Gasteiger partial charge >= 0.3 is 0 Å². The van der Waals surface area contributed by atoms with Crippen molar-refractivity contribution in [1.29, 1.82) is 0 Å². The van der Waals surface area contributed by atoms with Crippen LogP contribution in [0.2, 0.25) is 0 Å². The first-order chi connectivity index (χ1) is 34.0. The van der Waals surface area contributed by atoms with Gasteiger partial charge in [-0.1, -0.05) is 147 Å². The molecular formula is C63H42BN3O2. The van der Waals surface area contributed by atoms with Gasteiger partial charge in [0.1, 0.15) is 23.0 Å². The third-order valence-corrected chi connectivity index (χ3v) is 15.2. The maximum Gasteiger partial charge on any atom is 0.260 e. The Kier molecular flexibility index (Phi) is 7.87. The van der Waals surface area contributed by atoms with Gasteiger partial charge in [-0.15, -0.1) is 0 Å². The number of nitrogens with zero attached hydrogens (tertiary/aromatic N) is 3. The zero-order valence-corrected chi connectivity index (χ0v) is 38.0. The van der Waals surface area contributed by atoms with Crippen molar-refractivity contribution in [3.8, 4) is 45.5 Å². The summed E-state index contributed by atoms with van der Waals surface area (Å²) < 4.78 is 20.0. The summed E-state index contributed by atoms with van der Waals surface area (Å²) >= 11 is 0. The highest BCUT2D eigenvalue weighted by molar-refractivity contribution is 6.98. The average Bonchev–Trinajstić information content (AvgIpc) is 4.00. The van der Waals surface area contributed by atoms with E-state index in [9.17, 15) is 0 Å². The van der Waals surface area contributed by atoms with E-state index in [0.717, 1.165) is 111 Å². The minimum absolute atomic E-state index is 0.166. The first kappa shape index (κ1) is 38.4. The Morgan fingerprint density at radius 1 is 0.420 bits per heavy atom. The van der Waals surface area contributed by atoms with Crippen LogP contribution in [-0.4, -0.2) is 15.8 Å². The van der Waals surface area contributed by atoms with Gasteiger partial charge in [0.15, 0.2) is 0 Å². The zero-order valence-electron chi connectivity index (χ0n) is 38.0. The highest BCUT2D eigenvalue weighted by atomic mass is 16.5. The quantitative estimate of drug-likeness (QED) is 0.161. The number of anilines is 3. The topological polar surface area (TPSA) is 31.6 Å². The number of para-hydroxylation sites is 6. The molecule has 0 atom stereocenters. The molecule has 0 spiro atoms. The van der Waals surface area contributed by atoms with Crippen molar-refractivity contribution in [2.45, 2.75) is 19.3 Å². The summed E-state index contributed by atoms with van der Waals surface area (Å²) in [6, 6.07) is 78.8. The van der Waals surface area contributed by atoms with Gasteiger partial charge < -0.3 is 23.5 Å². The number of aromatic nitrogens is 2. The molecule has 69 heavy (non-hydrogen) atoms. The molecule has 0 radical (unpaired) electrons. The van der Waals surface area contributed by atoms with Gasteiger partial charge in [0.2, 0.25) is 0 Å². The molecule has 3 aliphatic rings. The standard InChI is InChI=1S/C63H42BN3O2/c1-63(2)48-37-43(65(39-19-7-3-8-20-39)40-21-9-4-10-22-40)31-32-44(48)45-33-34-50-61(58(45)63)69-62-57-47-28-16-18-30-52(47)67(42-25-13-6-14-26-42)54(57)38-55-59(62)64(50)49-35-36-53-56(60(49)68-55)46-27-15-17-29-51(46)66(53)41-23-11-5-12-24-41/h3-38H,1-2H3. The lowest BCUT2D eigenvalue weighted by molar-refractivity contribution is 0.461. The van der Waals surface area contributed by atoms with Crippen LogP contribution in [0.25, 0.3) is 66.1 Å². The smallest absolute Gasteiger partial charge is 0.260 e. The lowest BCUT2D eigenvalue weighted by Crippen LogP contribution is -2.57. The van der Waals surface area contributed by atoms with E-state index in [4.69, 9.17) is 9.47 Å².